The van der Waals surface area contributed by atoms with E-state index >= 15 is 0 Å². The number of nitrogens with two attached hydrogens (primary N) is 2. The lowest BCUT2D eigenvalue weighted by atomic mass is 9.90. The zero-order valence-electron chi connectivity index (χ0n) is 39.8. The van der Waals surface area contributed by atoms with E-state index in [2.05, 4.69) is 31.1 Å². The molecular weight excluding hydrogens is 935 g/mol. The Morgan fingerprint density at radius 2 is 1.33 bits per heavy atom. The molecule has 3 atom stereocenters. The van der Waals surface area contributed by atoms with E-state index in [9.17, 15) is 41.1 Å². The zero-order chi connectivity index (χ0) is 50.9. The van der Waals surface area contributed by atoms with E-state index in [4.69, 9.17) is 11.5 Å². The van der Waals surface area contributed by atoms with Crippen molar-refractivity contribution in [2.75, 3.05) is 36.9 Å². The number of anilines is 1. The van der Waals surface area contributed by atoms with Gasteiger partial charge in [-0.2, -0.15) is 10.2 Å². The molecule has 1 aliphatic heterocycles. The minimum atomic E-state index is -3.90. The number of nitrogen functional groups attached to an aromatic ring is 1. The highest BCUT2D eigenvalue weighted by Gasteiger charge is 2.38. The molecule has 1 fully saturated rings. The number of hydrogen-bond acceptors (Lipinski definition) is 15. The van der Waals surface area contributed by atoms with Gasteiger partial charge >= 0.3 is 0 Å². The number of azo groups is 2. The number of fused-ring (bicyclic) bond motifs is 1. The summed E-state index contributed by atoms with van der Waals surface area (Å²) in [5.41, 5.74) is 15.3. The minimum Gasteiger partial charge on any atom is -0.505 e. The Morgan fingerprint density at radius 3 is 1.90 bits per heavy atom. The highest BCUT2D eigenvalue weighted by molar-refractivity contribution is 7.91. The van der Waals surface area contributed by atoms with Gasteiger partial charge in [-0.15, -0.1) is 10.2 Å². The molecule has 18 nitrogen and oxygen atoms in total. The number of nitrogens with one attached hydrogen (secondary N) is 2. The van der Waals surface area contributed by atoms with E-state index in [1.807, 2.05) is 30.3 Å². The molecule has 0 aromatic heterocycles. The summed E-state index contributed by atoms with van der Waals surface area (Å²) in [7, 11) is -7.43. The lowest BCUT2D eigenvalue weighted by Crippen LogP contribution is -2.51. The second-order valence-electron chi connectivity index (χ2n) is 17.7. The van der Waals surface area contributed by atoms with Gasteiger partial charge in [0.25, 0.3) is 0 Å². The van der Waals surface area contributed by atoms with Gasteiger partial charge < -0.3 is 32.1 Å². The van der Waals surface area contributed by atoms with Crippen LogP contribution in [-0.4, -0.2) is 93.6 Å². The van der Waals surface area contributed by atoms with Crippen molar-refractivity contribution in [3.8, 4) is 5.75 Å². The van der Waals surface area contributed by atoms with E-state index in [-0.39, 0.29) is 93.2 Å². The Kier molecular flexibility index (Phi) is 17.0. The van der Waals surface area contributed by atoms with Crippen LogP contribution in [0.2, 0.25) is 0 Å². The summed E-state index contributed by atoms with van der Waals surface area (Å²) in [4.78, 5) is 54.7. The number of phenols is 1. The predicted molar refractivity (Wildman–Crippen MR) is 267 cm³/mol. The molecule has 0 aliphatic carbocycles. The van der Waals surface area contributed by atoms with Crippen LogP contribution in [0.1, 0.15) is 56.7 Å². The third-order valence-electron chi connectivity index (χ3n) is 12.0. The smallest absolute Gasteiger partial charge is 0.245 e. The highest BCUT2D eigenvalue weighted by Crippen LogP contribution is 2.46. The SMILES string of the molecule is Cc1cc2cc(C)c(N=Nc3ccc(S(=O)(=O)CCN)cc3)c(O)c2c(N)c1N=Nc1ccc(S(=O)(=O)CCNC(=O)C(CC(=O)C2CCCN2C(=O)C(C)NC(=O)C(C)C)Cc2ccccc2)cc1. The van der Waals surface area contributed by atoms with Crippen LogP contribution >= 0.6 is 0 Å². The number of Topliss-reactive ketones (excluding diaryl/α,β-unsaturated/α-hetero) is 1. The molecule has 3 unspecified atom stereocenters. The Labute approximate surface area is 407 Å². The van der Waals surface area contributed by atoms with E-state index in [1.54, 1.807) is 46.8 Å². The van der Waals surface area contributed by atoms with Crippen molar-refractivity contribution in [3.05, 3.63) is 108 Å². The van der Waals surface area contributed by atoms with Gasteiger partial charge in [-0.25, -0.2) is 16.8 Å². The Bertz CT molecular complexity index is 3040. The van der Waals surface area contributed by atoms with Crippen LogP contribution in [0.25, 0.3) is 10.8 Å². The summed E-state index contributed by atoms with van der Waals surface area (Å²) in [5.74, 6) is -3.44. The first-order valence-corrected chi connectivity index (χ1v) is 26.2. The Balaban J connectivity index is 1.11. The van der Waals surface area contributed by atoms with Gasteiger partial charge in [0.2, 0.25) is 17.7 Å². The number of carbonyl (C=O) groups excluding carboxylic acids is 4. The molecule has 70 heavy (non-hydrogen) atoms. The predicted octanol–water partition coefficient (Wildman–Crippen LogP) is 7.17. The van der Waals surface area contributed by atoms with E-state index in [0.29, 0.717) is 47.3 Å². The van der Waals surface area contributed by atoms with Crippen molar-refractivity contribution in [2.24, 2.45) is 38.0 Å². The zero-order valence-corrected chi connectivity index (χ0v) is 41.4. The average molecular weight is 994 g/mol. The fourth-order valence-corrected chi connectivity index (χ4v) is 10.4. The lowest BCUT2D eigenvalue weighted by molar-refractivity contribution is -0.141. The van der Waals surface area contributed by atoms with E-state index in [0.717, 1.165) is 5.56 Å². The monoisotopic (exact) mass is 993 g/mol. The number of aromatic hydroxyl groups is 1. The van der Waals surface area contributed by atoms with Gasteiger partial charge in [0.05, 0.1) is 49.8 Å². The van der Waals surface area contributed by atoms with Crippen LogP contribution in [0.5, 0.6) is 5.75 Å². The number of ketones is 1. The van der Waals surface area contributed by atoms with E-state index in [1.165, 1.54) is 53.4 Å². The highest BCUT2D eigenvalue weighted by atomic mass is 32.2. The standard InChI is InChI=1S/C50H59N9O9S2/c1-30(2)48(62)54-33(5)50(64)59-23-9-12-41(59)42(60)29-36(28-34-10-7-6-8-11-34)49(63)53-22-25-70(67,68)40-19-15-37(16-20-40)55-57-45-31(3)26-35-27-32(4)46(47(61)43(35)44(45)52)58-56-38-13-17-39(18-14-38)69(65,66)24-21-51/h6-8,10-11,13-20,26-27,30,33,36,41,61H,9,12,21-25,28-29,51-52H2,1-5H3,(H,53,63)(H,54,62). The summed E-state index contributed by atoms with van der Waals surface area (Å²) in [6.45, 7) is 8.68. The normalized spacial score (nSPS) is 15.2. The first-order chi connectivity index (χ1) is 33.2. The summed E-state index contributed by atoms with van der Waals surface area (Å²) < 4.78 is 51.6. The van der Waals surface area contributed by atoms with Crippen LogP contribution in [0.3, 0.4) is 0 Å². The van der Waals surface area contributed by atoms with Gasteiger partial charge in [-0.05, 0) is 123 Å². The Hall–Kier alpha value is -6.90. The van der Waals surface area contributed by atoms with Crippen LogP contribution in [0, 0.1) is 25.7 Å². The third-order valence-corrected chi connectivity index (χ3v) is 15.5. The molecule has 370 valence electrons. The van der Waals surface area contributed by atoms with Crippen LogP contribution in [0.4, 0.5) is 28.4 Å². The fraction of sp³-hybridized carbons (Fsp3) is 0.360. The molecular formula is C50H59N9O9S2. The van der Waals surface area contributed by atoms with Crippen molar-refractivity contribution >= 4 is 82.4 Å². The Morgan fingerprint density at radius 1 is 0.771 bits per heavy atom. The van der Waals surface area contributed by atoms with Crippen LogP contribution in [-0.2, 0) is 45.3 Å². The maximum Gasteiger partial charge on any atom is 0.245 e. The second-order valence-corrected chi connectivity index (χ2v) is 21.9. The second kappa shape index (κ2) is 22.7. The number of hydrogen-bond donors (Lipinski definition) is 5. The number of carbonyl (C=O) groups is 4. The number of likely N-dealkylation sites (tertiary alicyclic amines) is 1. The first kappa shape index (κ1) is 52.5. The number of amides is 3. The van der Waals surface area contributed by atoms with Gasteiger partial charge in [-0.1, -0.05) is 44.2 Å². The number of aryl methyl sites for hydroxylation is 2. The number of benzene rings is 5. The van der Waals surface area contributed by atoms with Gasteiger partial charge in [0.15, 0.2) is 31.2 Å². The largest absolute Gasteiger partial charge is 0.505 e. The van der Waals surface area contributed by atoms with Crippen molar-refractivity contribution in [2.45, 2.75) is 82.2 Å². The molecule has 1 saturated heterocycles. The van der Waals surface area contributed by atoms with Crippen molar-refractivity contribution in [1.82, 2.24) is 15.5 Å². The average Bonchev–Trinajstić information content (AvgIpc) is 3.82. The number of nitrogens with zero attached hydrogens (tertiary/aromatic N) is 5. The van der Waals surface area contributed by atoms with Crippen molar-refractivity contribution < 1.29 is 41.1 Å². The number of rotatable bonds is 20. The summed E-state index contributed by atoms with van der Waals surface area (Å²) in [6, 6.07) is 22.7. The molecule has 5 aromatic carbocycles. The van der Waals surface area contributed by atoms with Crippen LogP contribution < -0.4 is 22.1 Å². The number of sulfone groups is 2. The summed E-state index contributed by atoms with van der Waals surface area (Å²) in [5, 5.41) is 34.8. The fourth-order valence-electron chi connectivity index (χ4n) is 8.19. The molecule has 0 radical (unpaired) electrons. The maximum absolute atomic E-state index is 13.8. The lowest BCUT2D eigenvalue weighted by Gasteiger charge is -2.28. The van der Waals surface area contributed by atoms with Crippen molar-refractivity contribution in [1.29, 1.82) is 0 Å². The van der Waals surface area contributed by atoms with Crippen molar-refractivity contribution in [3.63, 3.8) is 0 Å². The summed E-state index contributed by atoms with van der Waals surface area (Å²) in [6.07, 6.45) is 1.07. The molecule has 20 heteroatoms. The van der Waals surface area contributed by atoms with Gasteiger partial charge in [0, 0.05) is 37.9 Å². The maximum atomic E-state index is 13.8. The molecule has 5 aromatic rings. The quantitative estimate of drug-likeness (QED) is 0.0385. The summed E-state index contributed by atoms with van der Waals surface area (Å²) >= 11 is 0. The molecule has 6 rings (SSSR count). The van der Waals surface area contributed by atoms with Gasteiger partial charge in [-0.3, -0.25) is 19.2 Å². The molecule has 0 bridgehead atoms. The van der Waals surface area contributed by atoms with Crippen LogP contribution in [0.15, 0.2) is 121 Å². The molecule has 3 amide bonds. The topological polar surface area (TPSA) is 286 Å². The molecule has 1 heterocycles. The first-order valence-electron chi connectivity index (χ1n) is 22.9. The van der Waals surface area contributed by atoms with Gasteiger partial charge in [0.1, 0.15) is 17.4 Å². The van der Waals surface area contributed by atoms with E-state index < -0.39 is 49.3 Å². The minimum absolute atomic E-state index is 0.00868. The number of phenolic OH excluding ortho intramolecular Hbond substituents is 1. The molecule has 0 saturated carbocycles. The molecule has 7 N–H and O–H groups in total. The third kappa shape index (κ3) is 12.6. The molecule has 0 spiro atoms. The molecule has 1 aliphatic rings.